The Kier molecular flexibility index (Phi) is 5.49. The maximum Gasteiger partial charge on any atom is -0.00260 e. The van der Waals surface area contributed by atoms with Gasteiger partial charge in [0.2, 0.25) is 0 Å². The topological polar surface area (TPSA) is 0 Å². The van der Waals surface area contributed by atoms with Gasteiger partial charge in [-0.05, 0) is 105 Å². The highest BCUT2D eigenvalue weighted by molar-refractivity contribution is 6.22. The van der Waals surface area contributed by atoms with Gasteiger partial charge in [-0.15, -0.1) is 0 Å². The van der Waals surface area contributed by atoms with E-state index in [-0.39, 0.29) is 5.41 Å². The summed E-state index contributed by atoms with van der Waals surface area (Å²) in [5.74, 6) is 0. The van der Waals surface area contributed by atoms with Gasteiger partial charge in [-0.25, -0.2) is 0 Å². The average Bonchev–Trinajstić information content (AvgIpc) is 3.02. The van der Waals surface area contributed by atoms with Crippen molar-refractivity contribution in [3.63, 3.8) is 0 Å². The Hall–Kier alpha value is -4.94. The van der Waals surface area contributed by atoms with Gasteiger partial charge in [0.05, 0.1) is 0 Å². The van der Waals surface area contributed by atoms with Crippen molar-refractivity contribution in [2.75, 3.05) is 0 Å². The molecule has 8 rings (SSSR count). The molecule has 0 fully saturated rings. The highest BCUT2D eigenvalue weighted by atomic mass is 14.2. The smallest absolute Gasteiger partial charge is 0.00260 e. The number of fused-ring (bicyclic) bond motifs is 6. The van der Waals surface area contributed by atoms with Crippen molar-refractivity contribution in [1.29, 1.82) is 0 Å². The molecule has 0 nitrogen and oxygen atoms in total. The molecule has 42 heavy (non-hydrogen) atoms. The molecule has 0 aromatic heterocycles. The van der Waals surface area contributed by atoms with Crippen LogP contribution in [0.4, 0.5) is 0 Å². The van der Waals surface area contributed by atoms with Crippen LogP contribution >= 0.6 is 0 Å². The van der Waals surface area contributed by atoms with E-state index in [1.165, 1.54) is 81.7 Å². The molecular weight excluding hydrogens is 504 g/mol. The van der Waals surface area contributed by atoms with Crippen molar-refractivity contribution < 1.29 is 0 Å². The minimum absolute atomic E-state index is 0.0442. The van der Waals surface area contributed by atoms with E-state index in [0.29, 0.717) is 0 Å². The van der Waals surface area contributed by atoms with E-state index in [2.05, 4.69) is 160 Å². The summed E-state index contributed by atoms with van der Waals surface area (Å²) >= 11 is 0. The summed E-state index contributed by atoms with van der Waals surface area (Å²) in [7, 11) is 0. The van der Waals surface area contributed by atoms with Crippen LogP contribution in [-0.4, -0.2) is 0 Å². The summed E-state index contributed by atoms with van der Waals surface area (Å²) in [6.07, 6.45) is 0. The van der Waals surface area contributed by atoms with E-state index in [1.54, 1.807) is 0 Å². The normalized spacial score (nSPS) is 12.2. The van der Waals surface area contributed by atoms with Crippen LogP contribution in [0.5, 0.6) is 0 Å². The number of benzene rings is 8. The van der Waals surface area contributed by atoms with Gasteiger partial charge >= 0.3 is 0 Å². The first-order chi connectivity index (χ1) is 20.5. The highest BCUT2D eigenvalue weighted by Gasteiger charge is 2.20. The molecule has 0 saturated heterocycles. The molecule has 200 valence electrons. The van der Waals surface area contributed by atoms with Crippen LogP contribution in [-0.2, 0) is 5.41 Å². The van der Waals surface area contributed by atoms with E-state index in [0.717, 1.165) is 0 Å². The second-order valence-corrected chi connectivity index (χ2v) is 12.6. The Balaban J connectivity index is 1.49. The molecule has 0 N–H and O–H groups in total. The third-order valence-electron chi connectivity index (χ3n) is 8.96. The molecule has 0 heteroatoms. The molecule has 0 radical (unpaired) electrons. The molecule has 0 spiro atoms. The first kappa shape index (κ1) is 24.8. The van der Waals surface area contributed by atoms with Crippen LogP contribution in [0.2, 0.25) is 0 Å². The van der Waals surface area contributed by atoms with Crippen LogP contribution in [0.15, 0.2) is 140 Å². The van der Waals surface area contributed by atoms with Gasteiger partial charge < -0.3 is 0 Å². The SMILES string of the molecule is CC(C)(C)c1ccc2c(-c3ccc4ccccc4c3)c3ccccc3c(-c3ccc4c(ccc5ccccc54)c3)c2c1. The summed E-state index contributed by atoms with van der Waals surface area (Å²) in [5, 5.41) is 12.9. The predicted octanol–water partition coefficient (Wildman–Crippen LogP) is 12.1. The summed E-state index contributed by atoms with van der Waals surface area (Å²) in [6.45, 7) is 6.92. The van der Waals surface area contributed by atoms with Crippen molar-refractivity contribution in [2.45, 2.75) is 26.2 Å². The maximum atomic E-state index is 2.45. The second kappa shape index (κ2) is 9.29. The van der Waals surface area contributed by atoms with Crippen molar-refractivity contribution in [3.8, 4) is 22.3 Å². The van der Waals surface area contributed by atoms with Crippen molar-refractivity contribution in [3.05, 3.63) is 145 Å². The molecular formula is C42H32. The van der Waals surface area contributed by atoms with Gasteiger partial charge in [0.1, 0.15) is 0 Å². The van der Waals surface area contributed by atoms with Crippen LogP contribution in [0.25, 0.3) is 76.1 Å². The molecule has 0 aliphatic rings. The van der Waals surface area contributed by atoms with E-state index in [4.69, 9.17) is 0 Å². The Morgan fingerprint density at radius 3 is 1.55 bits per heavy atom. The van der Waals surface area contributed by atoms with Crippen molar-refractivity contribution >= 4 is 53.9 Å². The van der Waals surface area contributed by atoms with Crippen LogP contribution in [0.1, 0.15) is 26.3 Å². The van der Waals surface area contributed by atoms with Gasteiger partial charge in [0.15, 0.2) is 0 Å². The van der Waals surface area contributed by atoms with E-state index in [9.17, 15) is 0 Å². The Bertz CT molecular complexity index is 2330. The van der Waals surface area contributed by atoms with Crippen LogP contribution in [0, 0.1) is 0 Å². The van der Waals surface area contributed by atoms with E-state index in [1.807, 2.05) is 0 Å². The zero-order valence-corrected chi connectivity index (χ0v) is 24.3. The lowest BCUT2D eigenvalue weighted by Gasteiger charge is -2.23. The predicted molar refractivity (Wildman–Crippen MR) is 184 cm³/mol. The third kappa shape index (κ3) is 3.90. The maximum absolute atomic E-state index is 2.45. The fraction of sp³-hybridized carbons (Fsp3) is 0.0952. The zero-order valence-electron chi connectivity index (χ0n) is 24.3. The van der Waals surface area contributed by atoms with E-state index < -0.39 is 0 Å². The van der Waals surface area contributed by atoms with Crippen LogP contribution < -0.4 is 0 Å². The molecule has 8 aromatic carbocycles. The summed E-state index contributed by atoms with van der Waals surface area (Å²) in [6, 6.07) is 51.9. The third-order valence-corrected chi connectivity index (χ3v) is 8.96. The molecule has 8 aromatic rings. The number of rotatable bonds is 2. The minimum atomic E-state index is 0.0442. The monoisotopic (exact) mass is 536 g/mol. The lowest BCUT2D eigenvalue weighted by Crippen LogP contribution is -2.10. The molecule has 0 aliphatic heterocycles. The summed E-state index contributed by atoms with van der Waals surface area (Å²) < 4.78 is 0. The van der Waals surface area contributed by atoms with Gasteiger partial charge in [0.25, 0.3) is 0 Å². The van der Waals surface area contributed by atoms with Crippen molar-refractivity contribution in [1.82, 2.24) is 0 Å². The lowest BCUT2D eigenvalue weighted by molar-refractivity contribution is 0.591. The lowest BCUT2D eigenvalue weighted by atomic mass is 9.81. The van der Waals surface area contributed by atoms with Gasteiger partial charge in [-0.3, -0.25) is 0 Å². The molecule has 0 amide bonds. The molecule has 0 atom stereocenters. The van der Waals surface area contributed by atoms with E-state index >= 15 is 0 Å². The standard InChI is InChI=1S/C42H32/c1-42(2,3)33-21-23-38-39(26-33)41(32-20-22-35-30(25-32)18-17-28-11-6-7-13-34(28)35)37-15-9-8-14-36(37)40(38)31-19-16-27-10-4-5-12-29(27)24-31/h4-26H,1-3H3. The zero-order chi connectivity index (χ0) is 28.4. The molecule has 0 unspecified atom stereocenters. The quantitative estimate of drug-likeness (QED) is 0.152. The van der Waals surface area contributed by atoms with Crippen molar-refractivity contribution in [2.24, 2.45) is 0 Å². The molecule has 0 bridgehead atoms. The number of hydrogen-bond donors (Lipinski definition) is 0. The Labute approximate surface area is 246 Å². The van der Waals surface area contributed by atoms with Gasteiger partial charge in [-0.1, -0.05) is 142 Å². The molecule has 0 saturated carbocycles. The van der Waals surface area contributed by atoms with Gasteiger partial charge in [-0.2, -0.15) is 0 Å². The first-order valence-corrected chi connectivity index (χ1v) is 14.9. The Morgan fingerprint density at radius 1 is 0.333 bits per heavy atom. The average molecular weight is 537 g/mol. The number of hydrogen-bond acceptors (Lipinski definition) is 0. The molecule has 0 aliphatic carbocycles. The van der Waals surface area contributed by atoms with Gasteiger partial charge in [0, 0.05) is 0 Å². The summed E-state index contributed by atoms with van der Waals surface area (Å²) in [4.78, 5) is 0. The molecule has 0 heterocycles. The second-order valence-electron chi connectivity index (χ2n) is 12.6. The summed E-state index contributed by atoms with van der Waals surface area (Å²) in [5.41, 5.74) is 6.53. The fourth-order valence-corrected chi connectivity index (χ4v) is 6.78. The Morgan fingerprint density at radius 2 is 0.810 bits per heavy atom. The largest absolute Gasteiger partial charge is 0.0616 e. The highest BCUT2D eigenvalue weighted by Crippen LogP contribution is 2.46. The van der Waals surface area contributed by atoms with Crippen LogP contribution in [0.3, 0.4) is 0 Å². The fourth-order valence-electron chi connectivity index (χ4n) is 6.78. The minimum Gasteiger partial charge on any atom is -0.0616 e. The first-order valence-electron chi connectivity index (χ1n) is 14.9.